The number of terminal acetylenes is 1. The number of benzene rings is 3. The zero-order valence-corrected chi connectivity index (χ0v) is 42.6. The molecule has 3 aromatic carbocycles. The minimum absolute atomic E-state index is 0.0378. The fourth-order valence-corrected chi connectivity index (χ4v) is 12.2. The lowest BCUT2D eigenvalue weighted by Gasteiger charge is -2.35. The summed E-state index contributed by atoms with van der Waals surface area (Å²) in [6.45, 7) is 3.78. The molecule has 0 aliphatic carbocycles. The van der Waals surface area contributed by atoms with E-state index >= 15 is 8.78 Å². The van der Waals surface area contributed by atoms with Crippen LogP contribution in [0.3, 0.4) is 0 Å². The first-order valence-corrected chi connectivity index (χ1v) is 26.4. The van der Waals surface area contributed by atoms with Crippen LogP contribution in [0.1, 0.15) is 82.2 Å². The van der Waals surface area contributed by atoms with Crippen LogP contribution in [0.25, 0.3) is 44.0 Å². The molecule has 0 radical (unpaired) electrons. The number of ether oxygens (including phenoxy) is 4. The number of hydrogen-bond donors (Lipinski definition) is 2. The summed E-state index contributed by atoms with van der Waals surface area (Å²) in [7, 11) is 1.63. The van der Waals surface area contributed by atoms with Crippen LogP contribution in [-0.2, 0) is 26.1 Å². The van der Waals surface area contributed by atoms with Gasteiger partial charge in [-0.1, -0.05) is 12.0 Å². The maximum atomic E-state index is 17.2. The van der Waals surface area contributed by atoms with Crippen LogP contribution >= 0.6 is 0 Å². The van der Waals surface area contributed by atoms with E-state index in [4.69, 9.17) is 30.4 Å². The number of aromatic nitrogens is 5. The minimum Gasteiger partial charge on any atom is -0.508 e. The summed E-state index contributed by atoms with van der Waals surface area (Å²) >= 11 is 0. The van der Waals surface area contributed by atoms with Crippen LogP contribution in [0.2, 0.25) is 0 Å². The largest absolute Gasteiger partial charge is 0.508 e. The van der Waals surface area contributed by atoms with Crippen LogP contribution in [-0.4, -0.2) is 134 Å². The minimum atomic E-state index is -0.824. The van der Waals surface area contributed by atoms with Gasteiger partial charge in [-0.15, -0.1) is 6.42 Å². The van der Waals surface area contributed by atoms with Crippen molar-refractivity contribution in [2.75, 3.05) is 64.1 Å². The number of anilines is 1. The molecule has 0 spiro atoms. The van der Waals surface area contributed by atoms with Gasteiger partial charge in [-0.25, -0.2) is 18.4 Å². The molecule has 2 unspecified atom stereocenters. The van der Waals surface area contributed by atoms with E-state index in [2.05, 4.69) is 32.2 Å². The first kappa shape index (κ1) is 51.2. The molecule has 77 heavy (non-hydrogen) atoms. The highest BCUT2D eigenvalue weighted by Crippen LogP contribution is 2.44. The second-order valence-corrected chi connectivity index (χ2v) is 20.7. The number of rotatable bonds is 13. The van der Waals surface area contributed by atoms with Gasteiger partial charge in [0.15, 0.2) is 5.82 Å². The third kappa shape index (κ3) is 9.82. The summed E-state index contributed by atoms with van der Waals surface area (Å²) < 4.78 is 59.8. The fourth-order valence-electron chi connectivity index (χ4n) is 12.2. The van der Waals surface area contributed by atoms with Gasteiger partial charge in [0.1, 0.15) is 60.2 Å². The Kier molecular flexibility index (Phi) is 14.2. The van der Waals surface area contributed by atoms with Gasteiger partial charge in [0.25, 0.3) is 0 Å². The van der Waals surface area contributed by atoms with Crippen molar-refractivity contribution in [1.29, 1.82) is 5.26 Å². The number of hydrogen-bond acceptors (Lipinski definition) is 15. The number of nitrogens with one attached hydrogen (secondary N) is 1. The number of fused-ring (bicyclic) bond motifs is 4. The third-order valence-electron chi connectivity index (χ3n) is 16.2. The lowest BCUT2D eigenvalue weighted by Crippen LogP contribution is -2.48. The molecular weight excluding hydrogens is 995 g/mol. The van der Waals surface area contributed by atoms with Gasteiger partial charge >= 0.3 is 17.8 Å². The Morgan fingerprint density at radius 1 is 0.935 bits per heavy atom. The number of phenols is 1. The van der Waals surface area contributed by atoms with Crippen molar-refractivity contribution in [3.8, 4) is 47.2 Å². The van der Waals surface area contributed by atoms with Crippen LogP contribution in [0, 0.1) is 41.2 Å². The Morgan fingerprint density at radius 3 is 2.58 bits per heavy atom. The number of piperidine rings is 2. The van der Waals surface area contributed by atoms with E-state index in [1.165, 1.54) is 39.6 Å². The summed E-state index contributed by atoms with van der Waals surface area (Å²) in [5.41, 5.74) is 0.165. The molecule has 5 aliphatic heterocycles. The molecule has 0 bridgehead atoms. The molecule has 400 valence electrons. The quantitative estimate of drug-likeness (QED) is 0.0703. The van der Waals surface area contributed by atoms with Crippen molar-refractivity contribution >= 4 is 56.4 Å². The number of halogens is 2. The van der Waals surface area contributed by atoms with Crippen LogP contribution < -0.4 is 25.4 Å². The molecule has 4 atom stereocenters. The normalized spacial score (nSPS) is 22.2. The van der Waals surface area contributed by atoms with Crippen molar-refractivity contribution in [1.82, 2.24) is 39.2 Å². The van der Waals surface area contributed by atoms with E-state index in [0.717, 1.165) is 45.1 Å². The monoisotopic (exact) mass is 1050 g/mol. The number of imidazole rings is 1. The highest BCUT2D eigenvalue weighted by atomic mass is 19.1. The molecule has 0 saturated carbocycles. The number of phenolic OH excluding ortho intramolecular Hbond substituents is 1. The van der Waals surface area contributed by atoms with E-state index in [9.17, 15) is 29.5 Å². The van der Waals surface area contributed by atoms with E-state index in [1.54, 1.807) is 30.1 Å². The number of pyridine rings is 1. The highest BCUT2D eigenvalue weighted by molar-refractivity contribution is 6.03. The summed E-state index contributed by atoms with van der Waals surface area (Å²) in [5, 5.41) is 23.7. The number of carbonyl (C=O) groups is 3. The number of nitriles is 1. The number of aryl methyl sites for hydroxylation is 1. The standard InChI is InChI=1S/C56H58F2N10O9/c1-3-39-42(57)9-7-34-26-36(69)27-40(47(34)39)49-48(58)50-41(30-60-49)51(65-19-4-6-33(29-59)14-21-65)63-53(62-50)77-32-56-17-5-20-67(56)35(13-18-56)31-76-55(73)66-22-15-37(16-23-66)74-24-25-75-38-8-10-43-45(28-38)64(2)54(72)68(43)44-11-12-46(70)61-52(44)71/h1,7-10,26-28,30,33,35,37,44,69H,4-6,11-25,31-32H2,2H3,(H,61,70,71)/t33?,35-,44?,56-/m0/s1. The Hall–Kier alpha value is -7.88. The van der Waals surface area contributed by atoms with E-state index in [-0.39, 0.29) is 108 Å². The topological polar surface area (TPSA) is 220 Å². The van der Waals surface area contributed by atoms with Gasteiger partial charge in [0, 0.05) is 74.8 Å². The molecule has 11 rings (SSSR count). The van der Waals surface area contributed by atoms with Gasteiger partial charge < -0.3 is 33.9 Å². The molecule has 5 aliphatic rings. The number of likely N-dealkylation sites (tertiary alicyclic amines) is 1. The van der Waals surface area contributed by atoms with Crippen molar-refractivity contribution in [2.24, 2.45) is 13.0 Å². The lowest BCUT2D eigenvalue weighted by molar-refractivity contribution is -0.135. The Labute approximate surface area is 441 Å². The maximum Gasteiger partial charge on any atom is 0.409 e. The van der Waals surface area contributed by atoms with Crippen molar-refractivity contribution in [3.63, 3.8) is 0 Å². The zero-order valence-electron chi connectivity index (χ0n) is 42.6. The Morgan fingerprint density at radius 2 is 1.78 bits per heavy atom. The van der Waals surface area contributed by atoms with Gasteiger partial charge in [0.05, 0.1) is 46.3 Å². The number of carbonyl (C=O) groups excluding carboxylic acids is 3. The summed E-state index contributed by atoms with van der Waals surface area (Å²) in [5.74, 6) is 0.686. The predicted molar refractivity (Wildman–Crippen MR) is 278 cm³/mol. The maximum absolute atomic E-state index is 17.2. The highest BCUT2D eigenvalue weighted by Gasteiger charge is 2.50. The zero-order chi connectivity index (χ0) is 53.5. The smallest absolute Gasteiger partial charge is 0.409 e. The molecule has 3 amide bonds. The SMILES string of the molecule is C#Cc1c(F)ccc2cc(O)cc(-c3ncc4c(N5CCCC(C#N)CC5)nc(OC[C@@]56CCCN5[C@H](COC(=O)N5CCC(OCCOc7ccc8c(c7)n(C)c(=O)n8C7CCC(=O)NC7=O)CC5)CC6)nc4c3F)c12. The number of aromatic hydroxyl groups is 1. The Bertz CT molecular complexity index is 3470. The van der Waals surface area contributed by atoms with Crippen LogP contribution in [0.15, 0.2) is 53.5 Å². The number of nitrogens with zero attached hydrogens (tertiary/aromatic N) is 9. The van der Waals surface area contributed by atoms with Gasteiger partial charge in [-0.3, -0.25) is 33.9 Å². The summed E-state index contributed by atoms with van der Waals surface area (Å²) in [6.07, 6.45) is 13.8. The van der Waals surface area contributed by atoms with E-state index in [1.807, 2.05) is 4.90 Å². The van der Waals surface area contributed by atoms with Crippen LogP contribution in [0.5, 0.6) is 17.5 Å². The second kappa shape index (κ2) is 21.3. The van der Waals surface area contributed by atoms with Crippen molar-refractivity contribution in [3.05, 3.63) is 76.3 Å². The van der Waals surface area contributed by atoms with Gasteiger partial charge in [0.2, 0.25) is 11.8 Å². The predicted octanol–water partition coefficient (Wildman–Crippen LogP) is 6.64. The van der Waals surface area contributed by atoms with E-state index in [0.29, 0.717) is 85.4 Å². The molecule has 19 nitrogen and oxygen atoms in total. The van der Waals surface area contributed by atoms with Gasteiger partial charge in [-0.2, -0.15) is 15.2 Å². The average molecular weight is 1050 g/mol. The van der Waals surface area contributed by atoms with Gasteiger partial charge in [-0.05, 0) is 106 Å². The third-order valence-corrected chi connectivity index (χ3v) is 16.2. The second-order valence-electron chi connectivity index (χ2n) is 20.7. The number of imide groups is 1. The molecule has 5 fully saturated rings. The first-order chi connectivity index (χ1) is 37.3. The number of amides is 3. The molecule has 8 heterocycles. The van der Waals surface area contributed by atoms with Crippen molar-refractivity contribution in [2.45, 2.75) is 94.4 Å². The molecule has 6 aromatic rings. The molecule has 3 aromatic heterocycles. The molecule has 5 saturated heterocycles. The van der Waals surface area contributed by atoms with E-state index < -0.39 is 29.1 Å². The summed E-state index contributed by atoms with van der Waals surface area (Å²) in [4.78, 5) is 71.0. The fraction of sp³-hybridized carbons (Fsp3) is 0.464. The van der Waals surface area contributed by atoms with Crippen molar-refractivity contribution < 1.29 is 47.2 Å². The lowest BCUT2D eigenvalue weighted by atomic mass is 9.95. The average Bonchev–Trinajstić information content (AvgIpc) is 4.05. The summed E-state index contributed by atoms with van der Waals surface area (Å²) in [6, 6.07) is 12.2. The Balaban J connectivity index is 0.710. The molecule has 2 N–H and O–H groups in total. The van der Waals surface area contributed by atoms with Crippen LogP contribution in [0.4, 0.5) is 19.4 Å². The molecule has 21 heteroatoms. The first-order valence-electron chi connectivity index (χ1n) is 26.4. The molecular formula is C56H58F2N10O9.